The third-order valence-corrected chi connectivity index (χ3v) is 5.72. The Hall–Kier alpha value is -1.93. The van der Waals surface area contributed by atoms with E-state index in [1.807, 2.05) is 29.8 Å². The van der Waals surface area contributed by atoms with Crippen LogP contribution in [0, 0.1) is 0 Å². The van der Waals surface area contributed by atoms with Gasteiger partial charge in [0.1, 0.15) is 0 Å². The van der Waals surface area contributed by atoms with Crippen molar-refractivity contribution in [2.45, 2.75) is 12.8 Å². The van der Waals surface area contributed by atoms with E-state index in [2.05, 4.69) is 4.98 Å². The van der Waals surface area contributed by atoms with Gasteiger partial charge in [0.25, 0.3) is 0 Å². The van der Waals surface area contributed by atoms with Gasteiger partial charge in [0.2, 0.25) is 15.9 Å². The van der Waals surface area contributed by atoms with E-state index in [-0.39, 0.29) is 5.91 Å². The molecule has 0 aliphatic carbocycles. The van der Waals surface area contributed by atoms with Gasteiger partial charge in [-0.25, -0.2) is 17.7 Å². The van der Waals surface area contributed by atoms with Crippen LogP contribution in [0.5, 0.6) is 0 Å². The minimum atomic E-state index is -3.19. The number of hydrogen-bond acceptors (Lipinski definition) is 4. The predicted molar refractivity (Wildman–Crippen MR) is 92.0 cm³/mol. The summed E-state index contributed by atoms with van der Waals surface area (Å²) in [7, 11) is -1.26. The van der Waals surface area contributed by atoms with Gasteiger partial charge in [-0.15, -0.1) is 0 Å². The topological polar surface area (TPSA) is 75.5 Å². The van der Waals surface area contributed by atoms with Gasteiger partial charge >= 0.3 is 0 Å². The van der Waals surface area contributed by atoms with Crippen molar-refractivity contribution in [1.82, 2.24) is 18.8 Å². The van der Waals surface area contributed by atoms with Crippen molar-refractivity contribution < 1.29 is 13.2 Å². The first kappa shape index (κ1) is 16.9. The Morgan fingerprint density at radius 1 is 1.21 bits per heavy atom. The van der Waals surface area contributed by atoms with E-state index in [9.17, 15) is 13.2 Å². The molecule has 0 unspecified atom stereocenters. The van der Waals surface area contributed by atoms with Crippen molar-refractivity contribution in [2.75, 3.05) is 32.4 Å². The van der Waals surface area contributed by atoms with E-state index in [1.165, 1.54) is 10.6 Å². The molecule has 24 heavy (non-hydrogen) atoms. The van der Waals surface area contributed by atoms with Crippen molar-refractivity contribution in [1.29, 1.82) is 0 Å². The van der Waals surface area contributed by atoms with Gasteiger partial charge in [-0.05, 0) is 24.1 Å². The molecule has 130 valence electrons. The number of aryl methyl sites for hydroxylation is 1. The van der Waals surface area contributed by atoms with Gasteiger partial charge in [-0.2, -0.15) is 0 Å². The molecule has 0 radical (unpaired) electrons. The van der Waals surface area contributed by atoms with Crippen molar-refractivity contribution in [2.24, 2.45) is 7.05 Å². The summed E-state index contributed by atoms with van der Waals surface area (Å²) < 4.78 is 26.7. The quantitative estimate of drug-likeness (QED) is 0.813. The second kappa shape index (κ2) is 6.52. The second-order valence-corrected chi connectivity index (χ2v) is 8.23. The lowest BCUT2D eigenvalue weighted by molar-refractivity contribution is -0.130. The number of carbonyl (C=O) groups excluding carboxylic acids is 1. The van der Waals surface area contributed by atoms with Crippen LogP contribution in [0.2, 0.25) is 0 Å². The van der Waals surface area contributed by atoms with Crippen LogP contribution in [-0.4, -0.2) is 65.5 Å². The maximum atomic E-state index is 12.6. The van der Waals surface area contributed by atoms with Gasteiger partial charge in [0.15, 0.2) is 0 Å². The van der Waals surface area contributed by atoms with Crippen LogP contribution < -0.4 is 0 Å². The number of aromatic nitrogens is 2. The first-order valence-electron chi connectivity index (χ1n) is 7.97. The lowest BCUT2D eigenvalue weighted by Gasteiger charge is -2.21. The minimum Gasteiger partial charge on any atom is -0.341 e. The highest BCUT2D eigenvalue weighted by molar-refractivity contribution is 7.88. The highest BCUT2D eigenvalue weighted by atomic mass is 32.2. The summed E-state index contributed by atoms with van der Waals surface area (Å²) in [5.74, 6) is 0.0284. The monoisotopic (exact) mass is 350 g/mol. The lowest BCUT2D eigenvalue weighted by Crippen LogP contribution is -2.37. The third kappa shape index (κ3) is 3.59. The van der Waals surface area contributed by atoms with Crippen LogP contribution in [0.25, 0.3) is 11.0 Å². The number of imidazole rings is 1. The SMILES string of the molecule is Cn1cnc2cc(CC(=O)N3CCCN(S(C)(=O)=O)CC3)ccc21. The van der Waals surface area contributed by atoms with Crippen molar-refractivity contribution in [3.05, 3.63) is 30.1 Å². The summed E-state index contributed by atoms with van der Waals surface area (Å²) >= 11 is 0. The Bertz CT molecular complexity index is 859. The van der Waals surface area contributed by atoms with Crippen LogP contribution in [0.1, 0.15) is 12.0 Å². The average molecular weight is 350 g/mol. The second-order valence-electron chi connectivity index (χ2n) is 6.25. The molecule has 1 aromatic heterocycles. The molecule has 8 heteroatoms. The molecule has 2 heterocycles. The largest absolute Gasteiger partial charge is 0.341 e. The van der Waals surface area contributed by atoms with Crippen molar-refractivity contribution >= 4 is 27.0 Å². The number of hydrogen-bond donors (Lipinski definition) is 0. The molecule has 1 fully saturated rings. The van der Waals surface area contributed by atoms with Gasteiger partial charge in [-0.3, -0.25) is 4.79 Å². The van der Waals surface area contributed by atoms with Crippen molar-refractivity contribution in [3.63, 3.8) is 0 Å². The molecule has 1 saturated heterocycles. The Morgan fingerprint density at radius 2 is 2.00 bits per heavy atom. The molecule has 0 bridgehead atoms. The van der Waals surface area contributed by atoms with E-state index in [4.69, 9.17) is 0 Å². The highest BCUT2D eigenvalue weighted by Crippen LogP contribution is 2.15. The molecule has 1 aromatic carbocycles. The number of carbonyl (C=O) groups is 1. The molecule has 3 rings (SSSR count). The molecule has 1 amide bonds. The minimum absolute atomic E-state index is 0.0284. The number of rotatable bonds is 3. The lowest BCUT2D eigenvalue weighted by atomic mass is 10.1. The first-order chi connectivity index (χ1) is 11.3. The Balaban J connectivity index is 1.67. The van der Waals surface area contributed by atoms with Crippen LogP contribution in [0.15, 0.2) is 24.5 Å². The van der Waals surface area contributed by atoms with Gasteiger partial charge < -0.3 is 9.47 Å². The van der Waals surface area contributed by atoms with Crippen molar-refractivity contribution in [3.8, 4) is 0 Å². The van der Waals surface area contributed by atoms with E-state index in [0.717, 1.165) is 16.6 Å². The zero-order chi connectivity index (χ0) is 17.3. The summed E-state index contributed by atoms with van der Waals surface area (Å²) in [6.07, 6.45) is 3.95. The smallest absolute Gasteiger partial charge is 0.227 e. The molecule has 0 spiro atoms. The number of amides is 1. The summed E-state index contributed by atoms with van der Waals surface area (Å²) in [6.45, 7) is 1.88. The Kier molecular flexibility index (Phi) is 4.60. The fourth-order valence-corrected chi connectivity index (χ4v) is 3.93. The first-order valence-corrected chi connectivity index (χ1v) is 9.82. The number of sulfonamides is 1. The molecule has 7 nitrogen and oxygen atoms in total. The van der Waals surface area contributed by atoms with E-state index >= 15 is 0 Å². The molecular weight excluding hydrogens is 328 g/mol. The summed E-state index contributed by atoms with van der Waals surface area (Å²) in [5, 5.41) is 0. The molecule has 1 aliphatic heterocycles. The van der Waals surface area contributed by atoms with Gasteiger partial charge in [0.05, 0.1) is 30.0 Å². The molecule has 0 atom stereocenters. The maximum absolute atomic E-state index is 12.6. The predicted octanol–water partition coefficient (Wildman–Crippen LogP) is 0.610. The number of fused-ring (bicyclic) bond motifs is 1. The summed E-state index contributed by atoms with van der Waals surface area (Å²) in [4.78, 5) is 18.6. The fourth-order valence-electron chi connectivity index (χ4n) is 3.05. The van der Waals surface area contributed by atoms with E-state index in [1.54, 1.807) is 11.2 Å². The summed E-state index contributed by atoms with van der Waals surface area (Å²) in [6, 6.07) is 5.86. The Labute approximate surface area is 141 Å². The van der Waals surface area contributed by atoms with Crippen LogP contribution in [0.4, 0.5) is 0 Å². The van der Waals surface area contributed by atoms with Gasteiger partial charge in [-0.1, -0.05) is 6.07 Å². The van der Waals surface area contributed by atoms with Gasteiger partial charge in [0, 0.05) is 33.2 Å². The summed E-state index contributed by atoms with van der Waals surface area (Å²) in [5.41, 5.74) is 2.84. The zero-order valence-electron chi connectivity index (χ0n) is 14.0. The molecule has 1 aliphatic rings. The normalized spacial score (nSPS) is 17.2. The molecule has 0 saturated carbocycles. The van der Waals surface area contributed by atoms with E-state index < -0.39 is 10.0 Å². The average Bonchev–Trinajstić information content (AvgIpc) is 2.74. The third-order valence-electron chi connectivity index (χ3n) is 4.42. The molecule has 2 aromatic rings. The molecule has 0 N–H and O–H groups in total. The number of benzene rings is 1. The van der Waals surface area contributed by atoms with E-state index in [0.29, 0.717) is 39.0 Å². The molecular formula is C16H22N4O3S. The maximum Gasteiger partial charge on any atom is 0.227 e. The zero-order valence-corrected chi connectivity index (χ0v) is 14.8. The Morgan fingerprint density at radius 3 is 2.75 bits per heavy atom. The fraction of sp³-hybridized carbons (Fsp3) is 0.500. The highest BCUT2D eigenvalue weighted by Gasteiger charge is 2.23. The van der Waals surface area contributed by atoms with Crippen LogP contribution in [0.3, 0.4) is 0 Å². The standard InChI is InChI=1S/C16H22N4O3S/c1-18-12-17-14-10-13(4-5-15(14)18)11-16(21)19-6-3-7-20(9-8-19)24(2,22)23/h4-5,10,12H,3,6-9,11H2,1-2H3. The van der Waals surface area contributed by atoms with Crippen LogP contribution in [-0.2, 0) is 28.3 Å². The van der Waals surface area contributed by atoms with Crippen LogP contribution >= 0.6 is 0 Å². The number of nitrogens with zero attached hydrogens (tertiary/aromatic N) is 4.